The Labute approximate surface area is 215 Å². The second-order valence-electron chi connectivity index (χ2n) is 7.40. The molecule has 3 aromatic carbocycles. The van der Waals surface area contributed by atoms with Gasteiger partial charge in [0.1, 0.15) is 5.75 Å². The van der Waals surface area contributed by atoms with Crippen molar-refractivity contribution < 1.29 is 14.3 Å². The highest BCUT2D eigenvalue weighted by atomic mass is 32.2. The van der Waals surface area contributed by atoms with Gasteiger partial charge in [-0.1, -0.05) is 77.3 Å². The first-order valence-corrected chi connectivity index (χ1v) is 13.4. The minimum absolute atomic E-state index is 0.185. The molecular formula is C25H22N4O3S3. The smallest absolute Gasteiger partial charge is 0.308 e. The van der Waals surface area contributed by atoms with Crippen LogP contribution in [0.3, 0.4) is 0 Å². The zero-order valence-corrected chi connectivity index (χ0v) is 21.5. The number of carbonyl (C=O) groups excluding carboxylic acids is 2. The maximum absolute atomic E-state index is 12.2. The molecule has 1 aromatic heterocycles. The molecule has 0 bridgehead atoms. The Bertz CT molecular complexity index is 1360. The fourth-order valence-electron chi connectivity index (χ4n) is 3.17. The van der Waals surface area contributed by atoms with Crippen LogP contribution >= 0.6 is 34.9 Å². The van der Waals surface area contributed by atoms with Gasteiger partial charge in [0.2, 0.25) is 0 Å². The van der Waals surface area contributed by atoms with E-state index in [2.05, 4.69) is 51.1 Å². The highest BCUT2D eigenvalue weighted by molar-refractivity contribution is 8.03. The number of nitrogens with one attached hydrogen (secondary N) is 1. The molecule has 0 fully saturated rings. The van der Waals surface area contributed by atoms with Gasteiger partial charge in [0.15, 0.2) is 8.68 Å². The van der Waals surface area contributed by atoms with Crippen LogP contribution in [-0.2, 0) is 15.3 Å². The summed E-state index contributed by atoms with van der Waals surface area (Å²) in [5.74, 6) is 0.841. The van der Waals surface area contributed by atoms with Crippen LogP contribution in [0.5, 0.6) is 5.75 Å². The number of esters is 1. The number of aromatic nitrogens is 2. The molecular weight excluding hydrogens is 501 g/mol. The van der Waals surface area contributed by atoms with E-state index in [0.717, 1.165) is 20.0 Å². The second kappa shape index (κ2) is 12.0. The molecule has 178 valence electrons. The van der Waals surface area contributed by atoms with E-state index in [1.807, 2.05) is 12.1 Å². The van der Waals surface area contributed by atoms with Gasteiger partial charge >= 0.3 is 5.97 Å². The lowest BCUT2D eigenvalue weighted by molar-refractivity contribution is -0.131. The maximum Gasteiger partial charge on any atom is 0.308 e. The Morgan fingerprint density at radius 2 is 1.66 bits per heavy atom. The molecule has 0 aliphatic carbocycles. The molecule has 0 aliphatic rings. The van der Waals surface area contributed by atoms with Crippen molar-refractivity contribution in [3.63, 3.8) is 0 Å². The zero-order chi connectivity index (χ0) is 24.6. The summed E-state index contributed by atoms with van der Waals surface area (Å²) in [6.07, 6.45) is 0. The lowest BCUT2D eigenvalue weighted by atomic mass is 10.1. The van der Waals surface area contributed by atoms with Crippen LogP contribution < -0.4 is 10.2 Å². The summed E-state index contributed by atoms with van der Waals surface area (Å²) in [6, 6.07) is 21.6. The molecule has 0 radical (unpaired) electrons. The van der Waals surface area contributed by atoms with Gasteiger partial charge in [0.25, 0.3) is 5.91 Å². The molecule has 0 atom stereocenters. The highest BCUT2D eigenvalue weighted by Gasteiger charge is 2.10. The zero-order valence-electron chi connectivity index (χ0n) is 19.1. The lowest BCUT2D eigenvalue weighted by Gasteiger charge is -2.04. The molecule has 0 spiro atoms. The van der Waals surface area contributed by atoms with Crippen molar-refractivity contribution in [3.05, 3.63) is 77.9 Å². The predicted molar refractivity (Wildman–Crippen MR) is 142 cm³/mol. The lowest BCUT2D eigenvalue weighted by Crippen LogP contribution is -2.21. The van der Waals surface area contributed by atoms with Gasteiger partial charge in [0.05, 0.1) is 11.5 Å². The minimum Gasteiger partial charge on any atom is -0.427 e. The van der Waals surface area contributed by atoms with Gasteiger partial charge in [-0.15, -0.1) is 10.2 Å². The third kappa shape index (κ3) is 7.14. The summed E-state index contributed by atoms with van der Waals surface area (Å²) in [5, 5.41) is 15.1. The number of hydrogen-bond acceptors (Lipinski definition) is 9. The topological polar surface area (TPSA) is 93.5 Å². The van der Waals surface area contributed by atoms with E-state index >= 15 is 0 Å². The molecule has 4 rings (SSSR count). The van der Waals surface area contributed by atoms with Crippen molar-refractivity contribution in [1.29, 1.82) is 0 Å². The van der Waals surface area contributed by atoms with Crippen LogP contribution in [0.2, 0.25) is 0 Å². The number of thioether (sulfide) groups is 2. The van der Waals surface area contributed by atoms with Crippen molar-refractivity contribution in [1.82, 2.24) is 15.6 Å². The summed E-state index contributed by atoms with van der Waals surface area (Å²) in [5.41, 5.74) is 5.27. The Morgan fingerprint density at radius 1 is 0.943 bits per heavy atom. The van der Waals surface area contributed by atoms with E-state index in [1.54, 1.807) is 43.0 Å². The van der Waals surface area contributed by atoms with Gasteiger partial charge in [0, 0.05) is 12.7 Å². The quantitative estimate of drug-likeness (QED) is 0.101. The molecule has 4 aromatic rings. The number of nitrogens with zero attached hydrogens (tertiary/aromatic N) is 3. The normalized spacial score (nSPS) is 11.4. The van der Waals surface area contributed by atoms with Crippen LogP contribution in [0.4, 0.5) is 0 Å². The first kappa shape index (κ1) is 24.9. The molecule has 1 heterocycles. The molecule has 0 unspecified atom stereocenters. The van der Waals surface area contributed by atoms with Crippen molar-refractivity contribution in [2.45, 2.75) is 28.3 Å². The second-order valence-corrected chi connectivity index (χ2v) is 10.8. The van der Waals surface area contributed by atoms with E-state index in [1.165, 1.54) is 46.4 Å². The largest absolute Gasteiger partial charge is 0.427 e. The third-order valence-corrected chi connectivity index (χ3v) is 8.07. The number of hydrogen-bond donors (Lipinski definition) is 1. The molecule has 0 saturated heterocycles. The van der Waals surface area contributed by atoms with Crippen molar-refractivity contribution >= 4 is 63.2 Å². The van der Waals surface area contributed by atoms with E-state index in [9.17, 15) is 9.59 Å². The minimum atomic E-state index is -0.376. The summed E-state index contributed by atoms with van der Waals surface area (Å²) < 4.78 is 6.62. The van der Waals surface area contributed by atoms with E-state index in [4.69, 9.17) is 4.74 Å². The number of hydrazone groups is 1. The number of rotatable bonds is 9. The van der Waals surface area contributed by atoms with Gasteiger partial charge in [-0.2, -0.15) is 5.10 Å². The Balaban J connectivity index is 1.25. The number of amides is 1. The van der Waals surface area contributed by atoms with Gasteiger partial charge < -0.3 is 4.74 Å². The fourth-order valence-corrected chi connectivity index (χ4v) is 5.99. The Hall–Kier alpha value is -3.21. The fraction of sp³-hybridized carbons (Fsp3) is 0.160. The monoisotopic (exact) mass is 522 g/mol. The van der Waals surface area contributed by atoms with Gasteiger partial charge in [-0.05, 0) is 53.1 Å². The van der Waals surface area contributed by atoms with Crippen LogP contribution in [0, 0.1) is 0 Å². The predicted octanol–water partition coefficient (Wildman–Crippen LogP) is 5.54. The van der Waals surface area contributed by atoms with Crippen LogP contribution in [0.1, 0.15) is 25.0 Å². The Kier molecular flexibility index (Phi) is 8.51. The maximum atomic E-state index is 12.2. The van der Waals surface area contributed by atoms with Gasteiger partial charge in [-0.3, -0.25) is 9.59 Å². The Morgan fingerprint density at radius 3 is 2.43 bits per heavy atom. The van der Waals surface area contributed by atoms with Crippen LogP contribution in [-0.4, -0.2) is 33.5 Å². The van der Waals surface area contributed by atoms with E-state index in [0.29, 0.717) is 11.5 Å². The van der Waals surface area contributed by atoms with Crippen molar-refractivity contribution in [3.8, 4) is 5.75 Å². The average Bonchev–Trinajstić information content (AvgIpc) is 3.32. The number of carbonyl (C=O) groups is 2. The molecule has 0 saturated carbocycles. The molecule has 1 amide bonds. The van der Waals surface area contributed by atoms with Crippen LogP contribution in [0.25, 0.3) is 10.8 Å². The summed E-state index contributed by atoms with van der Waals surface area (Å²) in [6.45, 7) is 3.14. The third-order valence-electron chi connectivity index (χ3n) is 4.83. The number of fused-ring (bicyclic) bond motifs is 1. The molecule has 0 aliphatic heterocycles. The molecule has 35 heavy (non-hydrogen) atoms. The molecule has 7 nitrogen and oxygen atoms in total. The van der Waals surface area contributed by atoms with E-state index < -0.39 is 0 Å². The highest BCUT2D eigenvalue weighted by Crippen LogP contribution is 2.32. The van der Waals surface area contributed by atoms with Crippen molar-refractivity contribution in [2.75, 3.05) is 5.75 Å². The van der Waals surface area contributed by atoms with Crippen molar-refractivity contribution in [2.24, 2.45) is 5.10 Å². The van der Waals surface area contributed by atoms with E-state index in [-0.39, 0.29) is 17.6 Å². The number of benzene rings is 3. The summed E-state index contributed by atoms with van der Waals surface area (Å²) in [7, 11) is 0. The number of ether oxygens (including phenoxy) is 1. The summed E-state index contributed by atoms with van der Waals surface area (Å²) in [4.78, 5) is 23.2. The molecule has 10 heteroatoms. The molecule has 1 N–H and O–H groups in total. The average molecular weight is 523 g/mol. The van der Waals surface area contributed by atoms with Gasteiger partial charge in [-0.25, -0.2) is 5.43 Å². The van der Waals surface area contributed by atoms with Crippen LogP contribution in [0.15, 0.2) is 80.5 Å². The standard InChI is InChI=1S/C25H22N4O3S3/c1-16(18-10-12-21(13-11-18)32-17(2)30)26-27-23(31)15-34-25-29-28-24(35-25)33-14-20-8-5-7-19-6-3-4-9-22(19)20/h3-13H,14-15H2,1-2H3,(H,27,31). The SMILES string of the molecule is CC(=O)Oc1ccc(C(C)=NNC(=O)CSc2nnc(SCc3cccc4ccccc34)s2)cc1. The first-order chi connectivity index (χ1) is 17.0. The summed E-state index contributed by atoms with van der Waals surface area (Å²) >= 11 is 4.45. The first-order valence-electron chi connectivity index (χ1n) is 10.7.